The third-order valence-corrected chi connectivity index (χ3v) is 4.22. The lowest BCUT2D eigenvalue weighted by atomic mass is 10.2. The van der Waals surface area contributed by atoms with Crippen molar-refractivity contribution in [2.45, 2.75) is 15.3 Å². The van der Waals surface area contributed by atoms with Crippen molar-refractivity contribution in [2.75, 3.05) is 0 Å². The van der Waals surface area contributed by atoms with Gasteiger partial charge in [0.2, 0.25) is 0 Å². The molecule has 6 nitrogen and oxygen atoms in total. The molecule has 0 atom stereocenters. The van der Waals surface area contributed by atoms with Gasteiger partial charge in [-0.05, 0) is 23.9 Å². The average molecular weight is 347 g/mol. The topological polar surface area (TPSA) is 101 Å². The zero-order valence-corrected chi connectivity index (χ0v) is 11.4. The first kappa shape index (κ1) is 16.5. The lowest BCUT2D eigenvalue weighted by Gasteiger charge is -2.10. The minimum Gasteiger partial charge on any atom is -0.258 e. The molecule has 0 saturated heterocycles. The summed E-state index contributed by atoms with van der Waals surface area (Å²) in [5, 5.41) is 19.5. The summed E-state index contributed by atoms with van der Waals surface area (Å²) in [5.74, 6) is 0. The molecule has 20 heavy (non-hydrogen) atoms. The highest BCUT2D eigenvalue weighted by Crippen LogP contribution is 2.46. The summed E-state index contributed by atoms with van der Waals surface area (Å²) in [7, 11) is 0.301. The molecule has 1 rings (SSSR count). The molecule has 0 N–H and O–H groups in total. The van der Waals surface area contributed by atoms with Gasteiger partial charge < -0.3 is 0 Å². The van der Waals surface area contributed by atoms with Gasteiger partial charge in [0.15, 0.2) is 0 Å². The average Bonchev–Trinajstić information content (AvgIpc) is 2.23. The van der Waals surface area contributed by atoms with Crippen LogP contribution < -0.4 is 0 Å². The number of hydrogen-bond acceptors (Lipinski definition) is 6. The van der Waals surface area contributed by atoms with E-state index < -0.39 is 52.3 Å². The molecule has 0 amide bonds. The Morgan fingerprint density at radius 2 is 1.95 bits per heavy atom. The quantitative estimate of drug-likeness (QED) is 0.361. The number of benzene rings is 1. The second kappa shape index (κ2) is 5.47. The van der Waals surface area contributed by atoms with E-state index >= 15 is 0 Å². The van der Waals surface area contributed by atoms with E-state index in [1.807, 2.05) is 0 Å². The summed E-state index contributed by atoms with van der Waals surface area (Å²) >= 11 is -1.02. The summed E-state index contributed by atoms with van der Waals surface area (Å²) in [6, 6.07) is 2.65. The second-order valence-electron chi connectivity index (χ2n) is 3.14. The van der Waals surface area contributed by atoms with Crippen LogP contribution in [0.3, 0.4) is 0 Å². The van der Waals surface area contributed by atoms with Crippen molar-refractivity contribution in [3.8, 4) is 6.07 Å². The van der Waals surface area contributed by atoms with Crippen LogP contribution in [-0.4, -0.2) is 18.8 Å². The van der Waals surface area contributed by atoms with E-state index in [0.29, 0.717) is 12.1 Å². The number of halogens is 4. The summed E-state index contributed by atoms with van der Waals surface area (Å²) in [6.07, 6.45) is 0. The van der Waals surface area contributed by atoms with Gasteiger partial charge in [-0.25, -0.2) is 8.42 Å². The Morgan fingerprint density at radius 1 is 1.40 bits per heavy atom. The first-order valence-corrected chi connectivity index (χ1v) is 7.52. The lowest BCUT2D eigenvalue weighted by Crippen LogP contribution is -2.06. The van der Waals surface area contributed by atoms with Gasteiger partial charge in [0.05, 0.1) is 4.92 Å². The number of nitro benzene ring substituents is 1. The van der Waals surface area contributed by atoms with Gasteiger partial charge in [-0.3, -0.25) is 10.1 Å². The third kappa shape index (κ3) is 3.75. The van der Waals surface area contributed by atoms with Crippen LogP contribution in [0, 0.1) is 21.4 Å². The van der Waals surface area contributed by atoms with Crippen molar-refractivity contribution in [3.05, 3.63) is 27.8 Å². The fourth-order valence-electron chi connectivity index (χ4n) is 1.23. The molecule has 12 heteroatoms. The number of thioether (sulfide) groups is 1. The minimum atomic E-state index is -4.99. The summed E-state index contributed by atoms with van der Waals surface area (Å²) in [6.45, 7) is 0. The predicted octanol–water partition coefficient (Wildman–Crippen LogP) is 3.01. The van der Waals surface area contributed by atoms with E-state index in [2.05, 4.69) is 0 Å². The van der Waals surface area contributed by atoms with Crippen LogP contribution in [0.1, 0.15) is 5.56 Å². The molecule has 1 aromatic carbocycles. The highest BCUT2D eigenvalue weighted by Gasteiger charge is 2.38. The Labute approximate surface area is 118 Å². The largest absolute Gasteiger partial charge is 0.446 e. The molecule has 0 bridgehead atoms. The molecule has 0 radical (unpaired) electrons. The Kier molecular flexibility index (Phi) is 4.52. The van der Waals surface area contributed by atoms with E-state index in [1.165, 1.54) is 6.07 Å². The highest BCUT2D eigenvalue weighted by atomic mass is 35.7. The molecule has 1 aromatic rings. The van der Waals surface area contributed by atoms with Crippen LogP contribution in [0.15, 0.2) is 21.9 Å². The highest BCUT2D eigenvalue weighted by molar-refractivity contribution is 8.14. The maximum Gasteiger partial charge on any atom is 0.446 e. The standard InChI is InChI=1S/C8H2ClF3N2O4S2/c9-20(17,18)5-2-1-4(3-13)6(14(15)16)7(5)19-8(10,11)12/h1-2H. The van der Waals surface area contributed by atoms with Gasteiger partial charge in [-0.1, -0.05) is 0 Å². The Hall–Kier alpha value is -1.51. The van der Waals surface area contributed by atoms with Crippen LogP contribution in [0.2, 0.25) is 0 Å². The van der Waals surface area contributed by atoms with E-state index in [4.69, 9.17) is 15.9 Å². The van der Waals surface area contributed by atoms with Crippen molar-refractivity contribution in [2.24, 2.45) is 0 Å². The third-order valence-electron chi connectivity index (χ3n) is 1.88. The number of rotatable bonds is 3. The first-order chi connectivity index (χ1) is 8.97. The molecule has 0 aliphatic rings. The van der Waals surface area contributed by atoms with Crippen molar-refractivity contribution < 1.29 is 26.5 Å². The van der Waals surface area contributed by atoms with Crippen molar-refractivity contribution >= 4 is 37.2 Å². The molecule has 0 aliphatic heterocycles. The van der Waals surface area contributed by atoms with Crippen molar-refractivity contribution in [3.63, 3.8) is 0 Å². The van der Waals surface area contributed by atoms with E-state index in [-0.39, 0.29) is 0 Å². The minimum absolute atomic E-state index is 0.613. The van der Waals surface area contributed by atoms with Gasteiger partial charge in [-0.15, -0.1) is 0 Å². The fraction of sp³-hybridized carbons (Fsp3) is 0.125. The van der Waals surface area contributed by atoms with Crippen molar-refractivity contribution in [1.82, 2.24) is 0 Å². The first-order valence-electron chi connectivity index (χ1n) is 4.39. The molecular formula is C8H2ClF3N2O4S2. The maximum atomic E-state index is 12.4. The molecule has 0 heterocycles. The summed E-state index contributed by atoms with van der Waals surface area (Å²) in [5.41, 5.74) is -6.95. The molecule has 0 fully saturated rings. The summed E-state index contributed by atoms with van der Waals surface area (Å²) in [4.78, 5) is 7.22. The van der Waals surface area contributed by atoms with Crippen LogP contribution in [-0.2, 0) is 9.05 Å². The molecule has 108 valence electrons. The molecule has 0 aromatic heterocycles. The van der Waals surface area contributed by atoms with Crippen LogP contribution in [0.25, 0.3) is 0 Å². The molecule has 0 aliphatic carbocycles. The van der Waals surface area contributed by atoms with Gasteiger partial charge in [-0.2, -0.15) is 18.4 Å². The zero-order valence-electron chi connectivity index (χ0n) is 9.01. The SMILES string of the molecule is N#Cc1ccc(S(=O)(=O)Cl)c(SC(F)(F)F)c1[N+](=O)[O-]. The summed E-state index contributed by atoms with van der Waals surface area (Å²) < 4.78 is 59.6. The lowest BCUT2D eigenvalue weighted by molar-refractivity contribution is -0.388. The number of alkyl halides is 3. The molecule has 0 spiro atoms. The van der Waals surface area contributed by atoms with E-state index in [0.717, 1.165) is 0 Å². The fourth-order valence-corrected chi connectivity index (χ4v) is 3.44. The van der Waals surface area contributed by atoms with Crippen LogP contribution >= 0.6 is 22.4 Å². The number of nitriles is 1. The Balaban J connectivity index is 3.79. The Morgan fingerprint density at radius 3 is 2.30 bits per heavy atom. The number of hydrogen-bond donors (Lipinski definition) is 0. The van der Waals surface area contributed by atoms with E-state index in [9.17, 15) is 31.7 Å². The monoisotopic (exact) mass is 346 g/mol. The Bertz CT molecular complexity index is 712. The number of nitro groups is 1. The van der Waals surface area contributed by atoms with Gasteiger partial charge in [0.1, 0.15) is 21.4 Å². The van der Waals surface area contributed by atoms with Crippen molar-refractivity contribution in [1.29, 1.82) is 5.26 Å². The molecule has 0 saturated carbocycles. The maximum absolute atomic E-state index is 12.4. The second-order valence-corrected chi connectivity index (χ2v) is 6.75. The van der Waals surface area contributed by atoms with Crippen LogP contribution in [0.5, 0.6) is 0 Å². The molecule has 0 unspecified atom stereocenters. The zero-order chi connectivity index (χ0) is 15.7. The van der Waals surface area contributed by atoms with E-state index in [1.54, 1.807) is 0 Å². The normalized spacial score (nSPS) is 11.9. The number of nitrogens with zero attached hydrogens (tertiary/aromatic N) is 2. The van der Waals surface area contributed by atoms with Gasteiger partial charge in [0.25, 0.3) is 9.05 Å². The van der Waals surface area contributed by atoms with Gasteiger partial charge in [0, 0.05) is 10.7 Å². The molecular weight excluding hydrogens is 345 g/mol. The van der Waals surface area contributed by atoms with Gasteiger partial charge >= 0.3 is 11.2 Å². The van der Waals surface area contributed by atoms with Crippen LogP contribution in [0.4, 0.5) is 18.9 Å². The predicted molar refractivity (Wildman–Crippen MR) is 62.8 cm³/mol. The smallest absolute Gasteiger partial charge is 0.258 e.